The molecule has 0 heterocycles. The Labute approximate surface area is 67.7 Å². The molecule has 0 aromatic rings. The Morgan fingerprint density at radius 2 is 2.09 bits per heavy atom. The minimum atomic E-state index is -0.543. The van der Waals surface area contributed by atoms with Crippen molar-refractivity contribution in [1.82, 2.24) is 5.32 Å². The molecule has 0 aliphatic carbocycles. The summed E-state index contributed by atoms with van der Waals surface area (Å²) in [6, 6.07) is 0. The first-order valence-electron chi connectivity index (χ1n) is 3.73. The van der Waals surface area contributed by atoms with Crippen LogP contribution in [-0.4, -0.2) is 23.5 Å². The summed E-state index contributed by atoms with van der Waals surface area (Å²) in [5, 5.41) is 12.2. The van der Waals surface area contributed by atoms with Gasteiger partial charge in [0.1, 0.15) is 6.23 Å². The maximum Gasteiger partial charge on any atom is 0.107 e. The van der Waals surface area contributed by atoms with Gasteiger partial charge in [-0.3, -0.25) is 5.32 Å². The Balaban J connectivity index is 3.44. The molecule has 0 spiro atoms. The average Bonchev–Trinajstić information content (AvgIpc) is 1.79. The molecule has 0 saturated carbocycles. The number of hydrogen-bond acceptors (Lipinski definition) is 4. The normalized spacial score (nSPS) is 15.0. The molecular formula is C7H18N2O2. The van der Waals surface area contributed by atoms with Gasteiger partial charge in [-0.2, -0.15) is 0 Å². The molecule has 68 valence electrons. The zero-order valence-corrected chi connectivity index (χ0v) is 7.42. The van der Waals surface area contributed by atoms with Crippen molar-refractivity contribution < 1.29 is 9.94 Å². The van der Waals surface area contributed by atoms with Gasteiger partial charge < -0.3 is 9.94 Å². The molecule has 0 radical (unpaired) electrons. The monoisotopic (exact) mass is 162 g/mol. The van der Waals surface area contributed by atoms with Crippen LogP contribution >= 0.6 is 0 Å². The molecular weight excluding hydrogens is 144 g/mol. The minimum absolute atomic E-state index is 0.0754. The maximum atomic E-state index is 9.27. The van der Waals surface area contributed by atoms with Crippen LogP contribution in [0.4, 0.5) is 0 Å². The molecule has 4 nitrogen and oxygen atoms in total. The van der Waals surface area contributed by atoms with E-state index in [0.717, 1.165) is 0 Å². The lowest BCUT2D eigenvalue weighted by molar-refractivity contribution is 0.0510. The van der Waals surface area contributed by atoms with Crippen LogP contribution < -0.4 is 11.2 Å². The van der Waals surface area contributed by atoms with Crippen LogP contribution in [0.15, 0.2) is 0 Å². The van der Waals surface area contributed by atoms with Crippen molar-refractivity contribution in [3.63, 3.8) is 0 Å². The summed E-state index contributed by atoms with van der Waals surface area (Å²) in [5.74, 6) is 4.80. The van der Waals surface area contributed by atoms with Crippen LogP contribution in [0.25, 0.3) is 0 Å². The molecule has 4 N–H and O–H groups in total. The smallest absolute Gasteiger partial charge is 0.107 e. The van der Waals surface area contributed by atoms with Gasteiger partial charge in [0, 0.05) is 12.0 Å². The first-order valence-corrected chi connectivity index (χ1v) is 3.73. The molecule has 1 atom stereocenters. The molecule has 0 aromatic heterocycles. The van der Waals surface area contributed by atoms with Crippen molar-refractivity contribution >= 4 is 0 Å². The third-order valence-electron chi connectivity index (χ3n) is 1.11. The van der Waals surface area contributed by atoms with Gasteiger partial charge in [-0.05, 0) is 20.8 Å². The Morgan fingerprint density at radius 1 is 1.55 bits per heavy atom. The summed E-state index contributed by atoms with van der Waals surface area (Å²) in [6.07, 6.45) is -0.0353. The highest BCUT2D eigenvalue weighted by atomic mass is 16.6. The van der Waals surface area contributed by atoms with E-state index in [0.29, 0.717) is 13.0 Å². The Morgan fingerprint density at radius 3 is 2.45 bits per heavy atom. The van der Waals surface area contributed by atoms with E-state index in [2.05, 4.69) is 10.2 Å². The second kappa shape index (κ2) is 4.66. The highest BCUT2D eigenvalue weighted by Crippen LogP contribution is 2.01. The fraction of sp³-hybridized carbons (Fsp3) is 1.00. The number of aliphatic hydroxyl groups is 1. The Hall–Kier alpha value is -0.160. The quantitative estimate of drug-likeness (QED) is 0.401. The largest absolute Gasteiger partial charge is 0.379 e. The summed E-state index contributed by atoms with van der Waals surface area (Å²) < 4.78 is 0. The molecule has 0 fully saturated rings. The van der Waals surface area contributed by atoms with E-state index >= 15 is 0 Å². The van der Waals surface area contributed by atoms with Crippen LogP contribution in [0.2, 0.25) is 0 Å². The van der Waals surface area contributed by atoms with Gasteiger partial charge in [-0.25, -0.2) is 5.90 Å². The second-order valence-electron chi connectivity index (χ2n) is 3.57. The van der Waals surface area contributed by atoms with Crippen LogP contribution in [0.3, 0.4) is 0 Å². The number of nitrogens with one attached hydrogen (secondary N) is 1. The Bertz CT molecular complexity index is 101. The molecule has 0 aliphatic heterocycles. The van der Waals surface area contributed by atoms with Gasteiger partial charge in [0.05, 0.1) is 6.61 Å². The predicted octanol–water partition coefficient (Wildman–Crippen LogP) is -0.0267. The van der Waals surface area contributed by atoms with Gasteiger partial charge in [0.2, 0.25) is 0 Å². The van der Waals surface area contributed by atoms with Crippen molar-refractivity contribution in [3.05, 3.63) is 0 Å². The molecule has 0 bridgehead atoms. The fourth-order valence-electron chi connectivity index (χ4n) is 0.752. The van der Waals surface area contributed by atoms with Crippen molar-refractivity contribution in [2.45, 2.75) is 39.0 Å². The third-order valence-corrected chi connectivity index (χ3v) is 1.11. The lowest BCUT2D eigenvalue weighted by Crippen LogP contribution is -2.44. The van der Waals surface area contributed by atoms with Crippen molar-refractivity contribution in [2.24, 2.45) is 5.90 Å². The second-order valence-corrected chi connectivity index (χ2v) is 3.57. The third kappa shape index (κ3) is 7.74. The van der Waals surface area contributed by atoms with Crippen LogP contribution in [0.5, 0.6) is 0 Å². The van der Waals surface area contributed by atoms with E-state index in [1.54, 1.807) is 0 Å². The van der Waals surface area contributed by atoms with Gasteiger partial charge in [-0.1, -0.05) is 0 Å². The summed E-state index contributed by atoms with van der Waals surface area (Å²) in [5.41, 5.74) is -0.0754. The van der Waals surface area contributed by atoms with Crippen molar-refractivity contribution in [3.8, 4) is 0 Å². The molecule has 1 unspecified atom stereocenters. The molecule has 0 saturated heterocycles. The zero-order valence-electron chi connectivity index (χ0n) is 7.42. The van der Waals surface area contributed by atoms with Gasteiger partial charge in [-0.15, -0.1) is 0 Å². The topological polar surface area (TPSA) is 67.5 Å². The number of rotatable bonds is 4. The molecule has 4 heteroatoms. The summed E-state index contributed by atoms with van der Waals surface area (Å²) in [4.78, 5) is 4.33. The SMILES string of the molecule is CC(C)(C)NC(O)CCON. The molecule has 0 rings (SSSR count). The standard InChI is InChI=1S/C7H18N2O2/c1-7(2,3)9-6(10)4-5-11-8/h6,9-10H,4-5,8H2,1-3H3. The van der Waals surface area contributed by atoms with Crippen LogP contribution in [0, 0.1) is 0 Å². The average molecular weight is 162 g/mol. The summed E-state index contributed by atoms with van der Waals surface area (Å²) in [7, 11) is 0. The first-order chi connectivity index (χ1) is 4.95. The number of hydrogen-bond donors (Lipinski definition) is 3. The fourth-order valence-corrected chi connectivity index (χ4v) is 0.752. The number of nitrogens with two attached hydrogens (primary N) is 1. The van der Waals surface area contributed by atoms with Crippen LogP contribution in [-0.2, 0) is 4.84 Å². The highest BCUT2D eigenvalue weighted by molar-refractivity contribution is 4.71. The maximum absolute atomic E-state index is 9.27. The lowest BCUT2D eigenvalue weighted by Gasteiger charge is -2.24. The predicted molar refractivity (Wildman–Crippen MR) is 43.7 cm³/mol. The molecule has 11 heavy (non-hydrogen) atoms. The van der Waals surface area contributed by atoms with Gasteiger partial charge in [0.15, 0.2) is 0 Å². The van der Waals surface area contributed by atoms with E-state index in [9.17, 15) is 5.11 Å². The van der Waals surface area contributed by atoms with E-state index in [-0.39, 0.29) is 5.54 Å². The van der Waals surface area contributed by atoms with Gasteiger partial charge >= 0.3 is 0 Å². The van der Waals surface area contributed by atoms with E-state index in [1.165, 1.54) is 0 Å². The minimum Gasteiger partial charge on any atom is -0.379 e. The lowest BCUT2D eigenvalue weighted by atomic mass is 10.1. The summed E-state index contributed by atoms with van der Waals surface area (Å²) in [6.45, 7) is 6.32. The van der Waals surface area contributed by atoms with E-state index in [4.69, 9.17) is 5.90 Å². The zero-order chi connectivity index (χ0) is 8.91. The molecule has 0 aliphatic rings. The first kappa shape index (κ1) is 10.8. The van der Waals surface area contributed by atoms with Crippen molar-refractivity contribution in [1.29, 1.82) is 0 Å². The number of aliphatic hydroxyl groups excluding tert-OH is 1. The van der Waals surface area contributed by atoms with Crippen molar-refractivity contribution in [2.75, 3.05) is 6.61 Å². The Kier molecular flexibility index (Phi) is 4.60. The van der Waals surface area contributed by atoms with Crippen LogP contribution in [0.1, 0.15) is 27.2 Å². The highest BCUT2D eigenvalue weighted by Gasteiger charge is 2.13. The van der Waals surface area contributed by atoms with E-state index < -0.39 is 6.23 Å². The molecule has 0 aromatic carbocycles. The van der Waals surface area contributed by atoms with Gasteiger partial charge in [0.25, 0.3) is 0 Å². The molecule has 0 amide bonds. The van der Waals surface area contributed by atoms with E-state index in [1.807, 2.05) is 20.8 Å². The summed E-state index contributed by atoms with van der Waals surface area (Å²) >= 11 is 0.